The Hall–Kier alpha value is -4.88. The molecule has 3 aromatic carbocycles. The van der Waals surface area contributed by atoms with Crippen molar-refractivity contribution in [3.63, 3.8) is 0 Å². The lowest BCUT2D eigenvalue weighted by atomic mass is 10.1. The summed E-state index contributed by atoms with van der Waals surface area (Å²) in [6, 6.07) is 18.3. The highest BCUT2D eigenvalue weighted by atomic mass is 32.2. The van der Waals surface area contributed by atoms with Crippen LogP contribution in [0.1, 0.15) is 20.3 Å². The van der Waals surface area contributed by atoms with Crippen molar-refractivity contribution in [1.82, 2.24) is 19.4 Å². The minimum Gasteiger partial charge on any atom is -0.347 e. The number of nitrogens with zero attached hydrogens (tertiary/aromatic N) is 5. The number of anilines is 3. The number of carbonyl (C=O) groups is 1. The lowest BCUT2D eigenvalue weighted by Crippen LogP contribution is -2.32. The maximum atomic E-state index is 14.3. The highest BCUT2D eigenvalue weighted by Gasteiger charge is 2.33. The molecule has 0 aliphatic rings. The van der Waals surface area contributed by atoms with Crippen LogP contribution in [0.25, 0.3) is 22.2 Å². The smallest absolute Gasteiger partial charge is 0.322 e. The predicted molar refractivity (Wildman–Crippen MR) is 168 cm³/mol. The Labute approximate surface area is 259 Å². The normalized spacial score (nSPS) is 11.6. The van der Waals surface area contributed by atoms with Gasteiger partial charge in [0, 0.05) is 41.0 Å². The summed E-state index contributed by atoms with van der Waals surface area (Å²) in [5.41, 5.74) is 3.12. The first-order valence-electron chi connectivity index (χ1n) is 14.4. The van der Waals surface area contributed by atoms with Crippen molar-refractivity contribution in [3.8, 4) is 11.3 Å². The van der Waals surface area contributed by atoms with Crippen LogP contribution in [0.15, 0.2) is 90.2 Å². The van der Waals surface area contributed by atoms with Crippen LogP contribution >= 0.6 is 0 Å². The Morgan fingerprint density at radius 2 is 1.69 bits per heavy atom. The first-order valence-corrected chi connectivity index (χ1v) is 15.8. The molecule has 0 saturated carbocycles. The van der Waals surface area contributed by atoms with E-state index in [2.05, 4.69) is 67.8 Å². The summed E-state index contributed by atoms with van der Waals surface area (Å²) in [5.74, 6) is -2.17. The molecule has 0 radical (unpaired) electrons. The van der Waals surface area contributed by atoms with Crippen molar-refractivity contribution >= 4 is 44.6 Å². The third-order valence-electron chi connectivity index (χ3n) is 7.39. The summed E-state index contributed by atoms with van der Waals surface area (Å²) < 4.78 is 57.0. The summed E-state index contributed by atoms with van der Waals surface area (Å²) >= 11 is 0. The Balaban J connectivity index is 1.31. The lowest BCUT2D eigenvalue weighted by molar-refractivity contribution is -0.128. The van der Waals surface area contributed by atoms with Gasteiger partial charge in [0.1, 0.15) is 23.8 Å². The zero-order chi connectivity index (χ0) is 32.0. The van der Waals surface area contributed by atoms with Crippen LogP contribution in [0.2, 0.25) is 0 Å². The molecule has 0 aliphatic carbocycles. The van der Waals surface area contributed by atoms with Gasteiger partial charge in [-0.05, 0) is 80.7 Å². The van der Waals surface area contributed by atoms with E-state index in [0.717, 1.165) is 67.3 Å². The molecule has 234 valence electrons. The molecular weight excluding hydrogens is 602 g/mol. The highest BCUT2D eigenvalue weighted by molar-refractivity contribution is 7.92. The van der Waals surface area contributed by atoms with Crippen molar-refractivity contribution in [3.05, 3.63) is 97.0 Å². The van der Waals surface area contributed by atoms with Crippen molar-refractivity contribution in [1.29, 1.82) is 0 Å². The van der Waals surface area contributed by atoms with E-state index in [1.807, 2.05) is 6.07 Å². The molecule has 0 unspecified atom stereocenters. The van der Waals surface area contributed by atoms with E-state index in [-0.39, 0.29) is 16.6 Å². The van der Waals surface area contributed by atoms with Gasteiger partial charge in [0.05, 0.1) is 11.4 Å². The molecule has 1 N–H and O–H groups in total. The third kappa shape index (κ3) is 6.94. The van der Waals surface area contributed by atoms with E-state index in [0.29, 0.717) is 17.2 Å². The average Bonchev–Trinajstić information content (AvgIpc) is 3.44. The summed E-state index contributed by atoms with van der Waals surface area (Å²) in [7, 11) is -4.93. The van der Waals surface area contributed by atoms with Gasteiger partial charge in [0.15, 0.2) is 4.90 Å². The van der Waals surface area contributed by atoms with Crippen molar-refractivity contribution in [2.75, 3.05) is 29.4 Å². The van der Waals surface area contributed by atoms with Crippen LogP contribution in [0.3, 0.4) is 0 Å². The predicted octanol–water partition coefficient (Wildman–Crippen LogP) is 6.14. The molecule has 0 saturated heterocycles. The molecule has 2 aromatic heterocycles. The fraction of sp³-hybridized carbons (Fsp3) is 0.219. The molecule has 0 atom stereocenters. The number of carbonyl (C=O) groups excluding carboxylic acids is 1. The number of benzene rings is 3. The summed E-state index contributed by atoms with van der Waals surface area (Å²) in [5, 5.41) is 4.23. The van der Waals surface area contributed by atoms with Crippen LogP contribution < -0.4 is 9.79 Å². The minimum atomic E-state index is -4.93. The molecule has 5 rings (SSSR count). The quantitative estimate of drug-likeness (QED) is 0.115. The van der Waals surface area contributed by atoms with Crippen LogP contribution in [0.4, 0.5) is 26.0 Å². The van der Waals surface area contributed by atoms with Gasteiger partial charge in [0.25, 0.3) is 0 Å². The first kappa shape index (κ1) is 31.5. The fourth-order valence-corrected chi connectivity index (χ4v) is 6.41. The van der Waals surface area contributed by atoms with Gasteiger partial charge in [-0.25, -0.2) is 18.7 Å². The van der Waals surface area contributed by atoms with Gasteiger partial charge in [-0.15, -0.1) is 0 Å². The van der Waals surface area contributed by atoms with Gasteiger partial charge >= 0.3 is 16.5 Å². The molecule has 13 heteroatoms. The van der Waals surface area contributed by atoms with E-state index in [1.54, 1.807) is 6.07 Å². The van der Waals surface area contributed by atoms with Gasteiger partial charge in [0.2, 0.25) is 0 Å². The van der Waals surface area contributed by atoms with Gasteiger partial charge < -0.3 is 19.6 Å². The van der Waals surface area contributed by atoms with Crippen molar-refractivity contribution < 1.29 is 26.8 Å². The number of hydrogen-bond donors (Lipinski definition) is 1. The van der Waals surface area contributed by atoms with E-state index in [4.69, 9.17) is 0 Å². The van der Waals surface area contributed by atoms with Crippen LogP contribution in [-0.4, -0.2) is 54.0 Å². The van der Waals surface area contributed by atoms with E-state index in [9.17, 15) is 22.0 Å². The van der Waals surface area contributed by atoms with Crippen LogP contribution in [0.5, 0.6) is 0 Å². The molecular formula is C32H32F2N6O4S. The second-order valence-corrected chi connectivity index (χ2v) is 11.8. The second kappa shape index (κ2) is 13.8. The summed E-state index contributed by atoms with van der Waals surface area (Å²) in [6.45, 7) is 8.29. The standard InChI is InChI=1S/C32H32F2N6O4S/c1-3-38(4-2)16-6-17-39-18-15-24-19-23(9-14-30(24)39)29-20-31(36-21-35-29)37-25-10-12-26(13-11-25)40(44-22-41)45(42,43)32-27(33)7-5-8-28(32)34/h5,7-15,18-22H,3-4,6,16-17H2,1-2H3,(H,35,36,37). The van der Waals surface area contributed by atoms with Crippen molar-refractivity contribution in [2.45, 2.75) is 31.7 Å². The maximum absolute atomic E-state index is 14.3. The number of hydrogen-bond acceptors (Lipinski definition) is 8. The van der Waals surface area contributed by atoms with E-state index in [1.165, 1.54) is 30.6 Å². The van der Waals surface area contributed by atoms with Crippen LogP contribution in [-0.2, 0) is 26.2 Å². The third-order valence-corrected chi connectivity index (χ3v) is 9.03. The number of aromatic nitrogens is 3. The number of aryl methyl sites for hydroxylation is 1. The number of rotatable bonds is 14. The molecule has 5 aromatic rings. The fourth-order valence-electron chi connectivity index (χ4n) is 5.06. The summed E-state index contributed by atoms with van der Waals surface area (Å²) in [6.07, 6.45) is 4.60. The Morgan fingerprint density at radius 3 is 2.38 bits per heavy atom. The molecule has 0 bridgehead atoms. The number of nitrogens with one attached hydrogen (secondary N) is 1. The number of fused-ring (bicyclic) bond motifs is 1. The molecule has 10 nitrogen and oxygen atoms in total. The maximum Gasteiger partial charge on any atom is 0.322 e. The van der Waals surface area contributed by atoms with Crippen molar-refractivity contribution in [2.24, 2.45) is 0 Å². The van der Waals surface area contributed by atoms with Gasteiger partial charge in [-0.1, -0.05) is 30.4 Å². The summed E-state index contributed by atoms with van der Waals surface area (Å²) in [4.78, 5) is 25.6. The van der Waals surface area contributed by atoms with Gasteiger partial charge in [-0.2, -0.15) is 8.42 Å². The molecule has 0 spiro atoms. The number of halogens is 2. The second-order valence-electron chi connectivity index (χ2n) is 10.1. The molecule has 0 fully saturated rings. The minimum absolute atomic E-state index is 0.148. The zero-order valence-corrected chi connectivity index (χ0v) is 25.5. The zero-order valence-electron chi connectivity index (χ0n) is 24.7. The SMILES string of the molecule is CCN(CC)CCCn1ccc2cc(-c3cc(Nc4ccc(N(OC=O)S(=O)(=O)c5c(F)cccc5F)cc4)ncn3)ccc21. The Bertz CT molecular complexity index is 1880. The monoisotopic (exact) mass is 634 g/mol. The Morgan fingerprint density at radius 1 is 0.956 bits per heavy atom. The van der Waals surface area contributed by atoms with Gasteiger partial charge in [-0.3, -0.25) is 4.79 Å². The average molecular weight is 635 g/mol. The number of sulfonamides is 1. The van der Waals surface area contributed by atoms with E-state index >= 15 is 0 Å². The molecule has 2 heterocycles. The molecule has 45 heavy (non-hydrogen) atoms. The van der Waals surface area contributed by atoms with E-state index < -0.39 is 26.6 Å². The molecule has 0 aliphatic heterocycles. The molecule has 0 amide bonds. The Kier molecular flexibility index (Phi) is 9.69. The highest BCUT2D eigenvalue weighted by Crippen LogP contribution is 2.30. The lowest BCUT2D eigenvalue weighted by Gasteiger charge is -2.21. The first-order chi connectivity index (χ1) is 21.7. The van der Waals surface area contributed by atoms with Crippen LogP contribution in [0, 0.1) is 11.6 Å². The topological polar surface area (TPSA) is 110 Å². The largest absolute Gasteiger partial charge is 0.347 e.